The molecule has 1 saturated heterocycles. The summed E-state index contributed by atoms with van der Waals surface area (Å²) in [4.78, 5) is 9.99. The van der Waals surface area contributed by atoms with Crippen LogP contribution in [0.25, 0.3) is 0 Å². The molecule has 2 N–H and O–H groups in total. The highest BCUT2D eigenvalue weighted by Gasteiger charge is 2.35. The van der Waals surface area contributed by atoms with Crippen molar-refractivity contribution in [3.05, 3.63) is 33.3 Å². The lowest BCUT2D eigenvalue weighted by molar-refractivity contribution is -0.387. The molecule has 0 spiro atoms. The summed E-state index contributed by atoms with van der Waals surface area (Å²) in [5.41, 5.74) is 5.36. The molecular weight excluding hydrogens is 318 g/mol. The summed E-state index contributed by atoms with van der Waals surface area (Å²) < 4.78 is 26.5. The number of halogens is 1. The Morgan fingerprint density at radius 2 is 2.14 bits per heavy atom. The average molecular weight is 334 g/mol. The molecule has 2 unspecified atom stereocenters. The van der Waals surface area contributed by atoms with E-state index >= 15 is 0 Å². The van der Waals surface area contributed by atoms with Gasteiger partial charge in [0.15, 0.2) is 4.90 Å². The Morgan fingerprint density at radius 3 is 2.71 bits per heavy atom. The van der Waals surface area contributed by atoms with E-state index in [1.54, 1.807) is 0 Å². The second-order valence-corrected chi connectivity index (χ2v) is 7.50. The Labute approximate surface area is 127 Å². The van der Waals surface area contributed by atoms with Crippen molar-refractivity contribution in [3.63, 3.8) is 0 Å². The Bertz CT molecular complexity index is 664. The summed E-state index contributed by atoms with van der Waals surface area (Å²) in [6.45, 7) is 2.37. The minimum absolute atomic E-state index is 0.000110. The van der Waals surface area contributed by atoms with Gasteiger partial charge < -0.3 is 5.73 Å². The number of benzene rings is 1. The molecule has 1 heterocycles. The smallest absolute Gasteiger partial charge is 0.290 e. The average Bonchev–Trinajstić information content (AvgIpc) is 2.41. The van der Waals surface area contributed by atoms with Gasteiger partial charge >= 0.3 is 0 Å². The third-order valence-electron chi connectivity index (χ3n) is 3.67. The van der Waals surface area contributed by atoms with Crippen molar-refractivity contribution in [1.29, 1.82) is 0 Å². The first-order valence-electron chi connectivity index (χ1n) is 6.43. The van der Waals surface area contributed by atoms with E-state index in [0.717, 1.165) is 6.07 Å². The van der Waals surface area contributed by atoms with E-state index in [9.17, 15) is 18.5 Å². The zero-order valence-electron chi connectivity index (χ0n) is 11.4. The minimum Gasteiger partial charge on any atom is -0.327 e. The fraction of sp³-hybridized carbons (Fsp3) is 0.500. The van der Waals surface area contributed by atoms with Crippen molar-refractivity contribution in [3.8, 4) is 0 Å². The maximum absolute atomic E-state index is 12.6. The summed E-state index contributed by atoms with van der Waals surface area (Å²) in [7, 11) is -3.93. The van der Waals surface area contributed by atoms with E-state index in [1.807, 2.05) is 6.92 Å². The topological polar surface area (TPSA) is 107 Å². The predicted octanol–water partition coefficient (Wildman–Crippen LogP) is 1.61. The van der Waals surface area contributed by atoms with E-state index in [-0.39, 0.29) is 35.0 Å². The van der Waals surface area contributed by atoms with Gasteiger partial charge in [-0.3, -0.25) is 10.1 Å². The molecule has 0 radical (unpaired) electrons. The van der Waals surface area contributed by atoms with Gasteiger partial charge in [0.1, 0.15) is 0 Å². The van der Waals surface area contributed by atoms with Crippen LogP contribution < -0.4 is 5.73 Å². The van der Waals surface area contributed by atoms with Crippen LogP contribution in [0.3, 0.4) is 0 Å². The van der Waals surface area contributed by atoms with Gasteiger partial charge in [0.25, 0.3) is 5.69 Å². The van der Waals surface area contributed by atoms with Crippen molar-refractivity contribution in [2.75, 3.05) is 13.1 Å². The molecular formula is C12H16ClN3O4S. The van der Waals surface area contributed by atoms with E-state index < -0.39 is 20.6 Å². The predicted molar refractivity (Wildman–Crippen MR) is 78.6 cm³/mol. The number of hydrogen-bond acceptors (Lipinski definition) is 5. The van der Waals surface area contributed by atoms with Gasteiger partial charge in [0.05, 0.1) is 4.92 Å². The highest BCUT2D eigenvalue weighted by Crippen LogP contribution is 2.31. The number of hydrogen-bond donors (Lipinski definition) is 1. The number of piperidine rings is 1. The monoisotopic (exact) mass is 333 g/mol. The third-order valence-corrected chi connectivity index (χ3v) is 5.82. The van der Waals surface area contributed by atoms with Gasteiger partial charge in [-0.2, -0.15) is 4.31 Å². The minimum atomic E-state index is -3.93. The quantitative estimate of drug-likeness (QED) is 0.668. The molecule has 1 aromatic rings. The normalized spacial score (nSPS) is 24.0. The van der Waals surface area contributed by atoms with Crippen molar-refractivity contribution in [2.24, 2.45) is 11.7 Å². The van der Waals surface area contributed by atoms with E-state index in [2.05, 4.69) is 0 Å². The molecule has 0 aromatic heterocycles. The van der Waals surface area contributed by atoms with E-state index in [0.29, 0.717) is 6.42 Å². The second kappa shape index (κ2) is 5.88. The van der Waals surface area contributed by atoms with Crippen LogP contribution >= 0.6 is 11.6 Å². The first-order valence-corrected chi connectivity index (χ1v) is 8.25. The van der Waals surface area contributed by atoms with Crippen LogP contribution in [-0.4, -0.2) is 36.8 Å². The Morgan fingerprint density at radius 1 is 1.48 bits per heavy atom. The highest BCUT2D eigenvalue weighted by molar-refractivity contribution is 7.89. The Hall–Kier alpha value is -1.22. The van der Waals surface area contributed by atoms with Crippen LogP contribution in [0.1, 0.15) is 13.3 Å². The molecule has 0 amide bonds. The molecule has 9 heteroatoms. The molecule has 1 fully saturated rings. The molecule has 1 aromatic carbocycles. The zero-order chi connectivity index (χ0) is 15.8. The number of nitro benzene ring substituents is 1. The first kappa shape index (κ1) is 16.2. The second-order valence-electron chi connectivity index (χ2n) is 5.16. The van der Waals surface area contributed by atoms with Crippen LogP contribution in [0.5, 0.6) is 0 Å². The summed E-state index contributed by atoms with van der Waals surface area (Å²) in [6, 6.07) is 3.50. The van der Waals surface area contributed by atoms with Crippen molar-refractivity contribution >= 4 is 27.3 Å². The van der Waals surface area contributed by atoms with Crippen LogP contribution in [0, 0.1) is 16.0 Å². The Balaban J connectivity index is 2.43. The lowest BCUT2D eigenvalue weighted by Crippen LogP contribution is -2.48. The van der Waals surface area contributed by atoms with Crippen molar-refractivity contribution in [1.82, 2.24) is 4.31 Å². The summed E-state index contributed by atoms with van der Waals surface area (Å²) in [6.07, 6.45) is 0.530. The maximum atomic E-state index is 12.6. The van der Waals surface area contributed by atoms with Crippen LogP contribution in [0.2, 0.25) is 5.02 Å². The molecule has 2 rings (SSSR count). The molecule has 0 aliphatic carbocycles. The van der Waals surface area contributed by atoms with Gasteiger partial charge in [0.2, 0.25) is 10.0 Å². The largest absolute Gasteiger partial charge is 0.327 e. The lowest BCUT2D eigenvalue weighted by atomic mass is 9.96. The van der Waals surface area contributed by atoms with Gasteiger partial charge in [-0.25, -0.2) is 8.42 Å². The molecule has 0 saturated carbocycles. The van der Waals surface area contributed by atoms with E-state index in [1.165, 1.54) is 16.4 Å². The molecule has 1 aliphatic heterocycles. The third kappa shape index (κ3) is 3.18. The first-order chi connectivity index (χ1) is 9.73. The number of sulfonamides is 1. The molecule has 1 aliphatic rings. The van der Waals surface area contributed by atoms with Crippen molar-refractivity contribution in [2.45, 2.75) is 24.3 Å². The number of rotatable bonds is 3. The van der Waals surface area contributed by atoms with E-state index in [4.69, 9.17) is 17.3 Å². The number of nitrogens with zero attached hydrogens (tertiary/aromatic N) is 2. The van der Waals surface area contributed by atoms with Crippen LogP contribution in [0.15, 0.2) is 23.1 Å². The number of nitro groups is 1. The molecule has 116 valence electrons. The molecule has 2 atom stereocenters. The fourth-order valence-electron chi connectivity index (χ4n) is 2.33. The zero-order valence-corrected chi connectivity index (χ0v) is 13.0. The van der Waals surface area contributed by atoms with Gasteiger partial charge in [-0.1, -0.05) is 18.5 Å². The standard InChI is InChI=1S/C12H16ClN3O4S/c1-8-7-15(5-4-10(8)14)21(19,20)12-3-2-9(13)6-11(12)16(17)18/h2-3,6,8,10H,4-5,7,14H2,1H3. The molecule has 7 nitrogen and oxygen atoms in total. The van der Waals surface area contributed by atoms with Crippen LogP contribution in [0.4, 0.5) is 5.69 Å². The Kier molecular flexibility index (Phi) is 4.52. The van der Waals surface area contributed by atoms with Crippen molar-refractivity contribution < 1.29 is 13.3 Å². The van der Waals surface area contributed by atoms with Gasteiger partial charge in [-0.15, -0.1) is 0 Å². The van der Waals surface area contributed by atoms with Crippen LogP contribution in [-0.2, 0) is 10.0 Å². The van der Waals surface area contributed by atoms with Gasteiger partial charge in [-0.05, 0) is 24.5 Å². The summed E-state index contributed by atoms with van der Waals surface area (Å²) in [5.74, 6) is -0.000110. The maximum Gasteiger partial charge on any atom is 0.290 e. The number of nitrogens with two attached hydrogens (primary N) is 1. The molecule has 0 bridgehead atoms. The van der Waals surface area contributed by atoms with Gasteiger partial charge in [0, 0.05) is 30.2 Å². The fourth-order valence-corrected chi connectivity index (χ4v) is 4.19. The highest BCUT2D eigenvalue weighted by atomic mass is 35.5. The lowest BCUT2D eigenvalue weighted by Gasteiger charge is -2.34. The molecule has 21 heavy (non-hydrogen) atoms. The summed E-state index contributed by atoms with van der Waals surface area (Å²) in [5, 5.41) is 11.2. The SMILES string of the molecule is CC1CN(S(=O)(=O)c2ccc(Cl)cc2[N+](=O)[O-])CCC1N. The summed E-state index contributed by atoms with van der Waals surface area (Å²) >= 11 is 5.71.